The predicted molar refractivity (Wildman–Crippen MR) is 75.4 cm³/mol. The summed E-state index contributed by atoms with van der Waals surface area (Å²) in [6.07, 6.45) is 4.70. The van der Waals surface area contributed by atoms with Gasteiger partial charge in [-0.25, -0.2) is 8.42 Å². The SMILES string of the molecule is CS(=O)(=O)Nc1ccc(N)c(N2CCCCC2)c1. The molecule has 2 rings (SSSR count). The molecular weight excluding hydrogens is 250 g/mol. The summed E-state index contributed by atoms with van der Waals surface area (Å²) in [6.45, 7) is 1.96. The summed E-state index contributed by atoms with van der Waals surface area (Å²) in [5.74, 6) is 0. The number of nitrogens with zero attached hydrogens (tertiary/aromatic N) is 1. The first kappa shape index (κ1) is 13.0. The zero-order chi connectivity index (χ0) is 13.2. The Hall–Kier alpha value is -1.43. The summed E-state index contributed by atoms with van der Waals surface area (Å²) < 4.78 is 24.9. The van der Waals surface area contributed by atoms with Crippen LogP contribution in [0.3, 0.4) is 0 Å². The molecule has 0 spiro atoms. The first-order chi connectivity index (χ1) is 8.46. The van der Waals surface area contributed by atoms with E-state index in [1.807, 2.05) is 6.07 Å². The highest BCUT2D eigenvalue weighted by Crippen LogP contribution is 2.29. The average Bonchev–Trinajstić information content (AvgIpc) is 2.31. The number of hydrogen-bond acceptors (Lipinski definition) is 4. The van der Waals surface area contributed by atoms with Gasteiger partial charge in [0.1, 0.15) is 0 Å². The molecule has 5 nitrogen and oxygen atoms in total. The second-order valence-corrected chi connectivity index (χ2v) is 6.44. The molecule has 0 amide bonds. The second-order valence-electron chi connectivity index (χ2n) is 4.70. The Morgan fingerprint density at radius 3 is 2.50 bits per heavy atom. The second kappa shape index (κ2) is 5.06. The summed E-state index contributed by atoms with van der Waals surface area (Å²) >= 11 is 0. The molecule has 0 unspecified atom stereocenters. The Kier molecular flexibility index (Phi) is 3.65. The molecule has 1 saturated heterocycles. The van der Waals surface area contributed by atoms with E-state index in [0.29, 0.717) is 11.4 Å². The van der Waals surface area contributed by atoms with Gasteiger partial charge in [0.05, 0.1) is 23.3 Å². The maximum atomic E-state index is 11.2. The molecular formula is C12H19N3O2S. The molecule has 1 aliphatic rings. The van der Waals surface area contributed by atoms with Gasteiger partial charge >= 0.3 is 0 Å². The van der Waals surface area contributed by atoms with E-state index in [2.05, 4.69) is 9.62 Å². The molecule has 1 aromatic rings. The summed E-state index contributed by atoms with van der Waals surface area (Å²) in [5, 5.41) is 0. The van der Waals surface area contributed by atoms with Gasteiger partial charge in [0, 0.05) is 13.1 Å². The van der Waals surface area contributed by atoms with E-state index in [9.17, 15) is 8.42 Å². The van der Waals surface area contributed by atoms with Crippen molar-refractivity contribution in [3.63, 3.8) is 0 Å². The maximum absolute atomic E-state index is 11.2. The largest absolute Gasteiger partial charge is 0.397 e. The van der Waals surface area contributed by atoms with Gasteiger partial charge in [-0.1, -0.05) is 0 Å². The first-order valence-corrected chi connectivity index (χ1v) is 7.97. The van der Waals surface area contributed by atoms with Gasteiger partial charge in [0.25, 0.3) is 0 Å². The lowest BCUT2D eigenvalue weighted by molar-refractivity contribution is 0.578. The van der Waals surface area contributed by atoms with E-state index < -0.39 is 10.0 Å². The van der Waals surface area contributed by atoms with Crippen molar-refractivity contribution >= 4 is 27.1 Å². The highest BCUT2D eigenvalue weighted by atomic mass is 32.2. The molecule has 1 aliphatic heterocycles. The lowest BCUT2D eigenvalue weighted by Crippen LogP contribution is -2.30. The number of nitrogens with two attached hydrogens (primary N) is 1. The highest BCUT2D eigenvalue weighted by Gasteiger charge is 2.14. The molecule has 1 aromatic carbocycles. The van der Waals surface area contributed by atoms with Crippen LogP contribution in [0.2, 0.25) is 0 Å². The van der Waals surface area contributed by atoms with Crippen LogP contribution < -0.4 is 15.4 Å². The van der Waals surface area contributed by atoms with Crippen molar-refractivity contribution in [2.75, 3.05) is 34.7 Å². The molecule has 100 valence electrons. The molecule has 0 aliphatic carbocycles. The zero-order valence-electron chi connectivity index (χ0n) is 10.5. The van der Waals surface area contributed by atoms with Crippen LogP contribution in [0.1, 0.15) is 19.3 Å². The normalized spacial score (nSPS) is 16.6. The van der Waals surface area contributed by atoms with E-state index in [-0.39, 0.29) is 0 Å². The minimum atomic E-state index is -3.25. The van der Waals surface area contributed by atoms with Crippen molar-refractivity contribution in [2.24, 2.45) is 0 Å². The van der Waals surface area contributed by atoms with E-state index in [1.165, 1.54) is 6.42 Å². The van der Waals surface area contributed by atoms with Crippen LogP contribution in [0.25, 0.3) is 0 Å². The molecule has 18 heavy (non-hydrogen) atoms. The zero-order valence-corrected chi connectivity index (χ0v) is 11.3. The molecule has 0 atom stereocenters. The highest BCUT2D eigenvalue weighted by molar-refractivity contribution is 7.92. The number of nitrogens with one attached hydrogen (secondary N) is 1. The van der Waals surface area contributed by atoms with Gasteiger partial charge in [0.15, 0.2) is 0 Å². The minimum absolute atomic E-state index is 0.562. The van der Waals surface area contributed by atoms with Crippen LogP contribution in [0.4, 0.5) is 17.1 Å². The van der Waals surface area contributed by atoms with Gasteiger partial charge in [-0.3, -0.25) is 4.72 Å². The van der Waals surface area contributed by atoms with Crippen molar-refractivity contribution in [1.29, 1.82) is 0 Å². The standard InChI is InChI=1S/C12H19N3O2S/c1-18(16,17)14-10-5-6-11(13)12(9-10)15-7-3-2-4-8-15/h5-6,9,14H,2-4,7-8,13H2,1H3. The summed E-state index contributed by atoms with van der Waals surface area (Å²) in [5.41, 5.74) is 8.14. The fourth-order valence-electron chi connectivity index (χ4n) is 2.23. The Morgan fingerprint density at radius 1 is 1.22 bits per heavy atom. The third-order valence-corrected chi connectivity index (χ3v) is 3.64. The minimum Gasteiger partial charge on any atom is -0.397 e. The third-order valence-electron chi connectivity index (χ3n) is 3.03. The van der Waals surface area contributed by atoms with E-state index >= 15 is 0 Å². The number of anilines is 3. The van der Waals surface area contributed by atoms with Gasteiger partial charge in [-0.05, 0) is 37.5 Å². The molecule has 3 N–H and O–H groups in total. The van der Waals surface area contributed by atoms with Gasteiger partial charge in [-0.2, -0.15) is 0 Å². The topological polar surface area (TPSA) is 75.4 Å². The first-order valence-electron chi connectivity index (χ1n) is 6.08. The van der Waals surface area contributed by atoms with Crippen molar-refractivity contribution in [1.82, 2.24) is 0 Å². The molecule has 0 saturated carbocycles. The van der Waals surface area contributed by atoms with Crippen LogP contribution in [0.5, 0.6) is 0 Å². The molecule has 0 bridgehead atoms. The van der Waals surface area contributed by atoms with Crippen LogP contribution in [-0.4, -0.2) is 27.8 Å². The average molecular weight is 269 g/mol. The van der Waals surface area contributed by atoms with Gasteiger partial charge < -0.3 is 10.6 Å². The van der Waals surface area contributed by atoms with Gasteiger partial charge in [-0.15, -0.1) is 0 Å². The number of piperidine rings is 1. The van der Waals surface area contributed by atoms with Crippen LogP contribution >= 0.6 is 0 Å². The van der Waals surface area contributed by atoms with Crippen molar-refractivity contribution in [3.05, 3.63) is 18.2 Å². The molecule has 1 fully saturated rings. The molecule has 0 radical (unpaired) electrons. The van der Waals surface area contributed by atoms with E-state index in [4.69, 9.17) is 5.73 Å². The lowest BCUT2D eigenvalue weighted by Gasteiger charge is -2.30. The fourth-order valence-corrected chi connectivity index (χ4v) is 2.79. The number of sulfonamides is 1. The number of hydrogen-bond donors (Lipinski definition) is 2. The summed E-state index contributed by atoms with van der Waals surface area (Å²) in [7, 11) is -3.25. The lowest BCUT2D eigenvalue weighted by atomic mass is 10.1. The van der Waals surface area contributed by atoms with E-state index in [0.717, 1.165) is 37.9 Å². The number of nitrogen functional groups attached to an aromatic ring is 1. The Bertz CT molecular complexity index is 522. The summed E-state index contributed by atoms with van der Waals surface area (Å²) in [4.78, 5) is 2.21. The third kappa shape index (κ3) is 3.29. The Labute approximate surface area is 108 Å². The molecule has 0 aromatic heterocycles. The Morgan fingerprint density at radius 2 is 1.89 bits per heavy atom. The smallest absolute Gasteiger partial charge is 0.229 e. The van der Waals surface area contributed by atoms with Crippen molar-refractivity contribution in [2.45, 2.75) is 19.3 Å². The van der Waals surface area contributed by atoms with Crippen molar-refractivity contribution < 1.29 is 8.42 Å². The molecule has 6 heteroatoms. The maximum Gasteiger partial charge on any atom is 0.229 e. The number of benzene rings is 1. The van der Waals surface area contributed by atoms with Crippen molar-refractivity contribution in [3.8, 4) is 0 Å². The molecule has 1 heterocycles. The monoisotopic (exact) mass is 269 g/mol. The fraction of sp³-hybridized carbons (Fsp3) is 0.500. The van der Waals surface area contributed by atoms with Gasteiger partial charge in [0.2, 0.25) is 10.0 Å². The number of rotatable bonds is 3. The van der Waals surface area contributed by atoms with Crippen LogP contribution in [0.15, 0.2) is 18.2 Å². The summed E-state index contributed by atoms with van der Waals surface area (Å²) in [6, 6.07) is 5.24. The quantitative estimate of drug-likeness (QED) is 0.818. The van der Waals surface area contributed by atoms with Crippen LogP contribution in [-0.2, 0) is 10.0 Å². The van der Waals surface area contributed by atoms with E-state index in [1.54, 1.807) is 12.1 Å². The van der Waals surface area contributed by atoms with Crippen LogP contribution in [0, 0.1) is 0 Å². The predicted octanol–water partition coefficient (Wildman–Crippen LogP) is 1.63. The Balaban J connectivity index is 2.26.